The van der Waals surface area contributed by atoms with Gasteiger partial charge in [0.2, 0.25) is 0 Å². The highest BCUT2D eigenvalue weighted by atomic mass is 32.1. The maximum atomic E-state index is 5.26. The topological polar surface area (TPSA) is 59.1 Å². The zero-order valence-electron chi connectivity index (χ0n) is 14.8. The van der Waals surface area contributed by atoms with E-state index in [4.69, 9.17) is 4.42 Å². The Labute approximate surface area is 151 Å². The van der Waals surface area contributed by atoms with E-state index in [1.165, 1.54) is 0 Å². The molecule has 3 heterocycles. The van der Waals surface area contributed by atoms with Crippen LogP contribution >= 0.6 is 11.3 Å². The quantitative estimate of drug-likeness (QED) is 0.667. The molecule has 0 spiro atoms. The van der Waals surface area contributed by atoms with Gasteiger partial charge in [0.1, 0.15) is 11.5 Å². The van der Waals surface area contributed by atoms with E-state index >= 15 is 0 Å². The Morgan fingerprint density at radius 3 is 3.00 bits per heavy atom. The molecule has 0 aliphatic rings. The summed E-state index contributed by atoms with van der Waals surface area (Å²) in [4.78, 5) is 7.86. The summed E-state index contributed by atoms with van der Waals surface area (Å²) in [7, 11) is 4.13. The van der Waals surface area contributed by atoms with E-state index in [9.17, 15) is 0 Å². The Hall–Kier alpha value is -2.38. The van der Waals surface area contributed by atoms with Gasteiger partial charge in [-0.1, -0.05) is 17.4 Å². The molecule has 6 nitrogen and oxygen atoms in total. The molecule has 3 rings (SSSR count). The van der Waals surface area contributed by atoms with Crippen LogP contribution in [0.2, 0.25) is 0 Å². The molecule has 3 aromatic rings. The maximum absolute atomic E-state index is 5.26. The molecule has 0 aliphatic heterocycles. The summed E-state index contributed by atoms with van der Waals surface area (Å²) in [6.07, 6.45) is 7.66. The minimum atomic E-state index is 0.699. The van der Waals surface area contributed by atoms with E-state index in [1.807, 2.05) is 42.1 Å². The Kier molecular flexibility index (Phi) is 5.67. The summed E-state index contributed by atoms with van der Waals surface area (Å²) in [5.74, 6) is 0.848. The molecule has 1 N–H and O–H groups in total. The first-order chi connectivity index (χ1) is 12.1. The Morgan fingerprint density at radius 1 is 1.36 bits per heavy atom. The zero-order valence-corrected chi connectivity index (χ0v) is 15.6. The van der Waals surface area contributed by atoms with Crippen LogP contribution in [0.25, 0.3) is 16.6 Å². The second-order valence-electron chi connectivity index (χ2n) is 6.00. The molecular formula is C18H23N5OS. The van der Waals surface area contributed by atoms with Crippen molar-refractivity contribution < 1.29 is 4.42 Å². The molecule has 132 valence electrons. The number of hydrogen-bond donors (Lipinski definition) is 1. The van der Waals surface area contributed by atoms with Crippen molar-refractivity contribution in [1.82, 2.24) is 19.7 Å². The summed E-state index contributed by atoms with van der Waals surface area (Å²) in [6.45, 7) is 4.57. The van der Waals surface area contributed by atoms with Crippen molar-refractivity contribution in [3.63, 3.8) is 0 Å². The second-order valence-corrected chi connectivity index (χ2v) is 7.00. The van der Waals surface area contributed by atoms with Gasteiger partial charge in [0, 0.05) is 19.3 Å². The number of thiazole rings is 1. The predicted molar refractivity (Wildman–Crippen MR) is 103 cm³/mol. The van der Waals surface area contributed by atoms with Gasteiger partial charge in [0.25, 0.3) is 0 Å². The number of hydrogen-bond acceptors (Lipinski definition) is 6. The van der Waals surface area contributed by atoms with Gasteiger partial charge in [-0.25, -0.2) is 4.98 Å². The molecule has 0 atom stereocenters. The van der Waals surface area contributed by atoms with E-state index in [-0.39, 0.29) is 0 Å². The van der Waals surface area contributed by atoms with E-state index in [0.717, 1.165) is 40.2 Å². The van der Waals surface area contributed by atoms with Crippen molar-refractivity contribution in [2.45, 2.75) is 13.5 Å². The fraction of sp³-hybridized carbons (Fsp3) is 0.333. The van der Waals surface area contributed by atoms with Crippen LogP contribution in [0.3, 0.4) is 0 Å². The molecule has 0 fully saturated rings. The highest BCUT2D eigenvalue weighted by Gasteiger charge is 2.12. The van der Waals surface area contributed by atoms with Crippen LogP contribution in [0.15, 0.2) is 41.2 Å². The molecule has 3 aromatic heterocycles. The minimum absolute atomic E-state index is 0.699. The first-order valence-corrected chi connectivity index (χ1v) is 9.03. The van der Waals surface area contributed by atoms with Crippen molar-refractivity contribution in [3.05, 3.63) is 48.2 Å². The summed E-state index contributed by atoms with van der Waals surface area (Å²) < 4.78 is 7.24. The monoisotopic (exact) mass is 357 g/mol. The number of aryl methyl sites for hydroxylation is 1. The van der Waals surface area contributed by atoms with Crippen molar-refractivity contribution in [2.24, 2.45) is 0 Å². The van der Waals surface area contributed by atoms with Crippen molar-refractivity contribution in [1.29, 1.82) is 0 Å². The lowest BCUT2D eigenvalue weighted by Gasteiger charge is -2.08. The lowest BCUT2D eigenvalue weighted by molar-refractivity contribution is 0.373. The Bertz CT molecular complexity index is 817. The standard InChI is InChI=1S/C18H23N5OS/c1-14-17(16-8-10-23(21-16)12-11-22(2)3)25-18(20-14)19-9-4-6-15-7-5-13-24-15/h4-8,10,13H,9,11-12H2,1-3H3,(H,19,20)/b6-4+. The van der Waals surface area contributed by atoms with Gasteiger partial charge in [-0.3, -0.25) is 4.68 Å². The third-order valence-electron chi connectivity index (χ3n) is 3.64. The highest BCUT2D eigenvalue weighted by molar-refractivity contribution is 7.19. The second kappa shape index (κ2) is 8.13. The maximum Gasteiger partial charge on any atom is 0.183 e. The van der Waals surface area contributed by atoms with E-state index in [1.54, 1.807) is 17.6 Å². The molecule has 0 saturated heterocycles. The van der Waals surface area contributed by atoms with Crippen LogP contribution in [0.5, 0.6) is 0 Å². The molecule has 0 bridgehead atoms. The number of aromatic nitrogens is 3. The van der Waals surface area contributed by atoms with Crippen molar-refractivity contribution in [3.8, 4) is 10.6 Å². The van der Waals surface area contributed by atoms with Gasteiger partial charge < -0.3 is 14.6 Å². The van der Waals surface area contributed by atoms with Gasteiger partial charge in [0.05, 0.1) is 23.4 Å². The van der Waals surface area contributed by atoms with E-state index < -0.39 is 0 Å². The number of likely N-dealkylation sites (N-methyl/N-ethyl adjacent to an activating group) is 1. The predicted octanol–water partition coefficient (Wildman–Crippen LogP) is 3.59. The van der Waals surface area contributed by atoms with Crippen LogP contribution in [0, 0.1) is 6.92 Å². The lowest BCUT2D eigenvalue weighted by atomic mass is 10.3. The molecule has 0 aliphatic carbocycles. The number of anilines is 1. The van der Waals surface area contributed by atoms with Crippen LogP contribution in [-0.4, -0.2) is 46.8 Å². The molecule has 0 saturated carbocycles. The Balaban J connectivity index is 1.60. The third-order valence-corrected chi connectivity index (χ3v) is 4.78. The molecule has 0 amide bonds. The number of rotatable bonds is 8. The summed E-state index contributed by atoms with van der Waals surface area (Å²) in [5.41, 5.74) is 1.98. The van der Waals surface area contributed by atoms with Crippen LogP contribution in [0.4, 0.5) is 5.13 Å². The number of nitrogens with one attached hydrogen (secondary N) is 1. The largest absolute Gasteiger partial charge is 0.465 e. The van der Waals surface area contributed by atoms with Crippen LogP contribution in [0.1, 0.15) is 11.5 Å². The fourth-order valence-corrected chi connectivity index (χ4v) is 3.27. The van der Waals surface area contributed by atoms with E-state index in [2.05, 4.69) is 40.5 Å². The Morgan fingerprint density at radius 2 is 2.24 bits per heavy atom. The molecule has 25 heavy (non-hydrogen) atoms. The zero-order chi connectivity index (χ0) is 17.6. The molecule has 7 heteroatoms. The van der Waals surface area contributed by atoms with Gasteiger partial charge >= 0.3 is 0 Å². The number of nitrogens with zero attached hydrogens (tertiary/aromatic N) is 4. The lowest BCUT2D eigenvalue weighted by Crippen LogP contribution is -2.18. The molecular weight excluding hydrogens is 334 g/mol. The van der Waals surface area contributed by atoms with Gasteiger partial charge in [0.15, 0.2) is 5.13 Å². The average molecular weight is 357 g/mol. The van der Waals surface area contributed by atoms with E-state index in [0.29, 0.717) is 6.54 Å². The highest BCUT2D eigenvalue weighted by Crippen LogP contribution is 2.31. The van der Waals surface area contributed by atoms with Crippen molar-refractivity contribution >= 4 is 22.5 Å². The summed E-state index contributed by atoms with van der Waals surface area (Å²) in [5, 5.41) is 8.89. The minimum Gasteiger partial charge on any atom is -0.465 e. The fourth-order valence-electron chi connectivity index (χ4n) is 2.33. The summed E-state index contributed by atoms with van der Waals surface area (Å²) >= 11 is 1.63. The van der Waals surface area contributed by atoms with Crippen LogP contribution in [-0.2, 0) is 6.54 Å². The van der Waals surface area contributed by atoms with Gasteiger partial charge in [-0.15, -0.1) is 0 Å². The third kappa shape index (κ3) is 4.80. The smallest absolute Gasteiger partial charge is 0.183 e. The molecule has 0 unspecified atom stereocenters. The molecule has 0 aromatic carbocycles. The first-order valence-electron chi connectivity index (χ1n) is 8.22. The normalized spacial score (nSPS) is 11.7. The first kappa shape index (κ1) is 17.4. The molecule has 0 radical (unpaired) electrons. The van der Waals surface area contributed by atoms with Crippen LogP contribution < -0.4 is 5.32 Å². The van der Waals surface area contributed by atoms with Crippen molar-refractivity contribution in [2.75, 3.05) is 32.5 Å². The van der Waals surface area contributed by atoms with Gasteiger partial charge in [-0.2, -0.15) is 5.10 Å². The van der Waals surface area contributed by atoms with Gasteiger partial charge in [-0.05, 0) is 45.3 Å². The SMILES string of the molecule is Cc1nc(NC/C=C/c2ccco2)sc1-c1ccn(CCN(C)C)n1. The average Bonchev–Trinajstić information content (AvgIpc) is 3.31. The number of furan rings is 1. The summed E-state index contributed by atoms with van der Waals surface area (Å²) in [6, 6.07) is 5.85.